The van der Waals surface area contributed by atoms with E-state index in [-0.39, 0.29) is 0 Å². The molecule has 0 saturated carbocycles. The van der Waals surface area contributed by atoms with Crippen LogP contribution < -0.4 is 4.74 Å². The van der Waals surface area contributed by atoms with E-state index in [0.717, 1.165) is 15.7 Å². The van der Waals surface area contributed by atoms with E-state index in [4.69, 9.17) is 4.74 Å². The highest BCUT2D eigenvalue weighted by Crippen LogP contribution is 2.29. The average molecular weight is 240 g/mol. The van der Waals surface area contributed by atoms with Crippen molar-refractivity contribution in [2.24, 2.45) is 7.05 Å². The molecule has 0 amide bonds. The summed E-state index contributed by atoms with van der Waals surface area (Å²) in [5.74, 6) is 0.916. The van der Waals surface area contributed by atoms with Gasteiger partial charge in [-0.1, -0.05) is 6.07 Å². The predicted octanol–water partition coefficient (Wildman–Crippen LogP) is 2.95. The summed E-state index contributed by atoms with van der Waals surface area (Å²) in [4.78, 5) is 0. The molecule has 0 aliphatic carbocycles. The van der Waals surface area contributed by atoms with Crippen molar-refractivity contribution in [3.8, 4) is 5.75 Å². The highest BCUT2D eigenvalue weighted by atomic mass is 79.9. The third-order valence-corrected chi connectivity index (χ3v) is 2.97. The highest BCUT2D eigenvalue weighted by molar-refractivity contribution is 9.10. The summed E-state index contributed by atoms with van der Waals surface area (Å²) in [5, 5.41) is 1.14. The van der Waals surface area contributed by atoms with E-state index < -0.39 is 0 Å². The van der Waals surface area contributed by atoms with Gasteiger partial charge in [0.1, 0.15) is 5.75 Å². The third-order valence-electron chi connectivity index (χ3n) is 2.21. The first kappa shape index (κ1) is 8.63. The number of fused-ring (bicyclic) bond motifs is 1. The predicted molar refractivity (Wildman–Crippen MR) is 57.2 cm³/mol. The second-order valence-electron chi connectivity index (χ2n) is 2.92. The first-order valence-corrected chi connectivity index (χ1v) is 4.81. The number of ether oxygens (including phenoxy) is 1. The molecule has 68 valence electrons. The third kappa shape index (κ3) is 1.23. The van der Waals surface area contributed by atoms with E-state index in [1.165, 1.54) is 5.52 Å². The number of hydrogen-bond donors (Lipinski definition) is 0. The Morgan fingerprint density at radius 2 is 2.15 bits per heavy atom. The van der Waals surface area contributed by atoms with E-state index in [0.29, 0.717) is 0 Å². The Hall–Kier alpha value is -0.960. The molecule has 0 fully saturated rings. The molecule has 1 heterocycles. The number of methoxy groups -OCH3 is 1. The van der Waals surface area contributed by atoms with Gasteiger partial charge in [0.2, 0.25) is 0 Å². The molecule has 0 N–H and O–H groups in total. The highest BCUT2D eigenvalue weighted by Gasteiger charge is 2.06. The lowest BCUT2D eigenvalue weighted by molar-refractivity contribution is 0.420. The fourth-order valence-corrected chi connectivity index (χ4v) is 1.90. The smallest absolute Gasteiger partial charge is 0.128 e. The monoisotopic (exact) mass is 239 g/mol. The molecule has 13 heavy (non-hydrogen) atoms. The zero-order valence-corrected chi connectivity index (χ0v) is 9.13. The van der Waals surface area contributed by atoms with Crippen molar-refractivity contribution >= 4 is 26.8 Å². The van der Waals surface area contributed by atoms with Crippen molar-refractivity contribution in [2.75, 3.05) is 7.11 Å². The number of rotatable bonds is 1. The number of benzene rings is 1. The number of aryl methyl sites for hydroxylation is 1. The average Bonchev–Trinajstić information content (AvgIpc) is 2.43. The van der Waals surface area contributed by atoms with E-state index >= 15 is 0 Å². The Kier molecular flexibility index (Phi) is 2.04. The summed E-state index contributed by atoms with van der Waals surface area (Å²) in [6.45, 7) is 0. The van der Waals surface area contributed by atoms with Crippen LogP contribution in [0.15, 0.2) is 28.9 Å². The lowest BCUT2D eigenvalue weighted by atomic mass is 10.2. The molecule has 2 nitrogen and oxygen atoms in total. The molecule has 0 radical (unpaired) electrons. The molecule has 2 aromatic rings. The number of hydrogen-bond acceptors (Lipinski definition) is 1. The molecule has 0 saturated heterocycles. The summed E-state index contributed by atoms with van der Waals surface area (Å²) in [7, 11) is 3.71. The van der Waals surface area contributed by atoms with Crippen LogP contribution in [0.2, 0.25) is 0 Å². The van der Waals surface area contributed by atoms with Crippen LogP contribution in [0.5, 0.6) is 5.75 Å². The number of aromatic nitrogens is 1. The van der Waals surface area contributed by atoms with Crippen molar-refractivity contribution < 1.29 is 4.74 Å². The van der Waals surface area contributed by atoms with Gasteiger partial charge < -0.3 is 9.30 Å². The topological polar surface area (TPSA) is 14.2 Å². The van der Waals surface area contributed by atoms with E-state index in [1.807, 2.05) is 19.2 Å². The molecule has 3 heteroatoms. The zero-order chi connectivity index (χ0) is 9.42. The Labute approximate surface area is 85.2 Å². The zero-order valence-electron chi connectivity index (χ0n) is 7.54. The van der Waals surface area contributed by atoms with E-state index in [9.17, 15) is 0 Å². The van der Waals surface area contributed by atoms with Gasteiger partial charge >= 0.3 is 0 Å². The molecule has 0 atom stereocenters. The van der Waals surface area contributed by atoms with Crippen LogP contribution in [0.25, 0.3) is 10.9 Å². The maximum Gasteiger partial charge on any atom is 0.128 e. The maximum absolute atomic E-state index is 5.26. The van der Waals surface area contributed by atoms with Gasteiger partial charge in [-0.05, 0) is 34.1 Å². The van der Waals surface area contributed by atoms with Gasteiger partial charge in [0.05, 0.1) is 17.2 Å². The summed E-state index contributed by atoms with van der Waals surface area (Å²) in [5.41, 5.74) is 1.17. The van der Waals surface area contributed by atoms with Crippen LogP contribution in [-0.2, 0) is 7.05 Å². The van der Waals surface area contributed by atoms with Crippen LogP contribution in [0, 0.1) is 0 Å². The Morgan fingerprint density at radius 1 is 1.38 bits per heavy atom. The number of nitrogens with zero attached hydrogens (tertiary/aromatic N) is 1. The van der Waals surface area contributed by atoms with Gasteiger partial charge in [0, 0.05) is 12.4 Å². The van der Waals surface area contributed by atoms with Crippen molar-refractivity contribution in [3.05, 3.63) is 28.9 Å². The van der Waals surface area contributed by atoms with Gasteiger partial charge in [-0.3, -0.25) is 0 Å². The molecule has 0 aliphatic rings. The van der Waals surface area contributed by atoms with Crippen LogP contribution in [0.4, 0.5) is 0 Å². The van der Waals surface area contributed by atoms with Crippen molar-refractivity contribution in [1.29, 1.82) is 0 Å². The van der Waals surface area contributed by atoms with Crippen molar-refractivity contribution in [1.82, 2.24) is 4.57 Å². The van der Waals surface area contributed by atoms with Crippen LogP contribution >= 0.6 is 15.9 Å². The van der Waals surface area contributed by atoms with Crippen LogP contribution in [-0.4, -0.2) is 11.7 Å². The molecule has 2 rings (SSSR count). The largest absolute Gasteiger partial charge is 0.496 e. The van der Waals surface area contributed by atoms with Gasteiger partial charge in [0.25, 0.3) is 0 Å². The molecular formula is C10H10BrNO. The van der Waals surface area contributed by atoms with Crippen molar-refractivity contribution in [3.63, 3.8) is 0 Å². The van der Waals surface area contributed by atoms with E-state index in [2.05, 4.69) is 32.6 Å². The fourth-order valence-electron chi connectivity index (χ4n) is 1.48. The Morgan fingerprint density at radius 3 is 2.85 bits per heavy atom. The van der Waals surface area contributed by atoms with Crippen LogP contribution in [0.1, 0.15) is 0 Å². The van der Waals surface area contributed by atoms with Crippen molar-refractivity contribution in [2.45, 2.75) is 0 Å². The molecule has 0 aliphatic heterocycles. The quantitative estimate of drug-likeness (QED) is 0.747. The normalized spacial score (nSPS) is 10.7. The number of halogens is 1. The summed E-state index contributed by atoms with van der Waals surface area (Å²) >= 11 is 3.48. The molecule has 0 unspecified atom stereocenters. The minimum absolute atomic E-state index is 0.916. The lowest BCUT2D eigenvalue weighted by Crippen LogP contribution is -1.87. The second kappa shape index (κ2) is 3.07. The maximum atomic E-state index is 5.26. The summed E-state index contributed by atoms with van der Waals surface area (Å²) < 4.78 is 8.40. The Bertz CT molecular complexity index is 447. The standard InChI is InChI=1S/C10H10BrNO/c1-12-8-4-3-5-9(13-2)7(8)6-10(12)11/h3-6H,1-2H3. The molecule has 0 spiro atoms. The van der Waals surface area contributed by atoms with Crippen LogP contribution in [0.3, 0.4) is 0 Å². The first-order chi connectivity index (χ1) is 6.24. The second-order valence-corrected chi connectivity index (χ2v) is 3.73. The minimum Gasteiger partial charge on any atom is -0.496 e. The first-order valence-electron chi connectivity index (χ1n) is 4.02. The molecule has 1 aromatic heterocycles. The Balaban J connectivity index is 2.84. The fraction of sp³-hybridized carbons (Fsp3) is 0.200. The SMILES string of the molecule is COc1cccc2c1cc(Br)n2C. The van der Waals surface area contributed by atoms with Gasteiger partial charge in [-0.2, -0.15) is 0 Å². The van der Waals surface area contributed by atoms with Gasteiger partial charge in [-0.25, -0.2) is 0 Å². The van der Waals surface area contributed by atoms with Gasteiger partial charge in [0.15, 0.2) is 0 Å². The van der Waals surface area contributed by atoms with E-state index in [1.54, 1.807) is 7.11 Å². The molecule has 0 bridgehead atoms. The molecular weight excluding hydrogens is 230 g/mol. The minimum atomic E-state index is 0.916. The summed E-state index contributed by atoms with van der Waals surface area (Å²) in [6, 6.07) is 8.10. The lowest BCUT2D eigenvalue weighted by Gasteiger charge is -2.01. The summed E-state index contributed by atoms with van der Waals surface area (Å²) in [6.07, 6.45) is 0. The molecule has 1 aromatic carbocycles. The van der Waals surface area contributed by atoms with Gasteiger partial charge in [-0.15, -0.1) is 0 Å².